The Bertz CT molecular complexity index is 958. The van der Waals surface area contributed by atoms with E-state index < -0.39 is 0 Å². The Morgan fingerprint density at radius 2 is 2.03 bits per heavy atom. The number of hydrogen-bond acceptors (Lipinski definition) is 5. The third kappa shape index (κ3) is 4.43. The van der Waals surface area contributed by atoms with Gasteiger partial charge in [0, 0.05) is 50.4 Å². The van der Waals surface area contributed by atoms with E-state index in [4.69, 9.17) is 5.26 Å². The van der Waals surface area contributed by atoms with E-state index in [1.165, 1.54) is 0 Å². The van der Waals surface area contributed by atoms with Crippen molar-refractivity contribution in [1.82, 2.24) is 10.3 Å². The zero-order valence-corrected chi connectivity index (χ0v) is 16.9. The molecule has 154 valence electrons. The molecular weight excluding hydrogens is 378 g/mol. The van der Waals surface area contributed by atoms with Gasteiger partial charge in [0.15, 0.2) is 0 Å². The quantitative estimate of drug-likeness (QED) is 0.829. The van der Waals surface area contributed by atoms with Gasteiger partial charge in [-0.3, -0.25) is 9.59 Å². The fraction of sp³-hybridized carbons (Fsp3) is 0.391. The molecule has 30 heavy (non-hydrogen) atoms. The summed E-state index contributed by atoms with van der Waals surface area (Å²) in [5.41, 5.74) is 2.46. The normalized spacial score (nSPS) is 17.1. The summed E-state index contributed by atoms with van der Waals surface area (Å²) in [6.07, 6.45) is 4.64. The third-order valence-corrected chi connectivity index (χ3v) is 5.83. The summed E-state index contributed by atoms with van der Waals surface area (Å²) in [6.45, 7) is 2.76. The number of carbonyl (C=O) groups excluding carboxylic acids is 2. The van der Waals surface area contributed by atoms with Gasteiger partial charge in [-0.25, -0.2) is 4.98 Å². The Kier molecular flexibility index (Phi) is 5.94. The molecular formula is C23H25N5O2. The van der Waals surface area contributed by atoms with Crippen molar-refractivity contribution in [3.05, 3.63) is 53.7 Å². The summed E-state index contributed by atoms with van der Waals surface area (Å²) in [7, 11) is 0. The smallest absolute Gasteiger partial charge is 0.227 e. The molecule has 0 unspecified atom stereocenters. The van der Waals surface area contributed by atoms with E-state index in [9.17, 15) is 9.59 Å². The summed E-state index contributed by atoms with van der Waals surface area (Å²) >= 11 is 0. The predicted molar refractivity (Wildman–Crippen MR) is 114 cm³/mol. The van der Waals surface area contributed by atoms with Crippen molar-refractivity contribution in [2.75, 3.05) is 29.4 Å². The zero-order chi connectivity index (χ0) is 20.9. The van der Waals surface area contributed by atoms with E-state index in [0.717, 1.165) is 56.0 Å². The maximum absolute atomic E-state index is 12.6. The zero-order valence-electron chi connectivity index (χ0n) is 16.9. The first kappa shape index (κ1) is 19.9. The number of pyridine rings is 1. The van der Waals surface area contributed by atoms with E-state index >= 15 is 0 Å². The lowest BCUT2D eigenvalue weighted by molar-refractivity contribution is -0.125. The van der Waals surface area contributed by atoms with Crippen LogP contribution >= 0.6 is 0 Å². The number of nitrogens with one attached hydrogen (secondary N) is 1. The molecule has 1 aromatic carbocycles. The van der Waals surface area contributed by atoms with Gasteiger partial charge in [0.05, 0.1) is 5.56 Å². The average molecular weight is 403 g/mol. The summed E-state index contributed by atoms with van der Waals surface area (Å²) in [5, 5.41) is 11.9. The standard InChI is InChI=1S/C23H25N5O2/c24-14-18-6-7-21(25-16-18)27-11-8-19(9-12-27)23(30)26-15-17-3-1-4-20(13-17)28-10-2-5-22(28)29/h1,3-4,6-7,13,16,19H,2,5,8-12,15H2,(H,26,30). The predicted octanol–water partition coefficient (Wildman–Crippen LogP) is 2.61. The molecule has 2 amide bonds. The Morgan fingerprint density at radius 3 is 2.70 bits per heavy atom. The lowest BCUT2D eigenvalue weighted by atomic mass is 9.95. The minimum absolute atomic E-state index is 0.0111. The van der Waals surface area contributed by atoms with Gasteiger partial charge in [-0.15, -0.1) is 0 Å². The summed E-state index contributed by atoms with van der Waals surface area (Å²) in [4.78, 5) is 32.9. The van der Waals surface area contributed by atoms with Crippen molar-refractivity contribution in [2.45, 2.75) is 32.2 Å². The first-order valence-electron chi connectivity index (χ1n) is 10.4. The topological polar surface area (TPSA) is 89.3 Å². The Hall–Kier alpha value is -3.40. The Balaban J connectivity index is 1.28. The van der Waals surface area contributed by atoms with Crippen molar-refractivity contribution in [3.8, 4) is 6.07 Å². The second kappa shape index (κ2) is 8.95. The summed E-state index contributed by atoms with van der Waals surface area (Å²) in [5.74, 6) is 1.08. The molecule has 2 aliphatic heterocycles. The molecule has 0 aliphatic carbocycles. The molecule has 0 spiro atoms. The van der Waals surface area contributed by atoms with Crippen LogP contribution in [-0.4, -0.2) is 36.4 Å². The maximum atomic E-state index is 12.6. The number of piperidine rings is 1. The van der Waals surface area contributed by atoms with Crippen molar-refractivity contribution >= 4 is 23.3 Å². The van der Waals surface area contributed by atoms with Gasteiger partial charge < -0.3 is 15.1 Å². The highest BCUT2D eigenvalue weighted by Gasteiger charge is 2.26. The molecule has 7 heteroatoms. The first-order chi connectivity index (χ1) is 14.6. The first-order valence-corrected chi connectivity index (χ1v) is 10.4. The molecule has 2 aromatic rings. The van der Waals surface area contributed by atoms with E-state index in [1.54, 1.807) is 12.3 Å². The van der Waals surface area contributed by atoms with Crippen molar-refractivity contribution in [1.29, 1.82) is 5.26 Å². The number of rotatable bonds is 5. The molecule has 1 N–H and O–H groups in total. The fourth-order valence-corrected chi connectivity index (χ4v) is 4.10. The van der Waals surface area contributed by atoms with Gasteiger partial charge in [-0.1, -0.05) is 12.1 Å². The van der Waals surface area contributed by atoms with Gasteiger partial charge in [-0.05, 0) is 49.1 Å². The molecule has 2 aliphatic rings. The van der Waals surface area contributed by atoms with Crippen LogP contribution < -0.4 is 15.1 Å². The Morgan fingerprint density at radius 1 is 1.20 bits per heavy atom. The molecule has 0 atom stereocenters. The SMILES string of the molecule is N#Cc1ccc(N2CCC(C(=O)NCc3cccc(N4CCCC4=O)c3)CC2)nc1. The average Bonchev–Trinajstić information content (AvgIpc) is 3.24. The maximum Gasteiger partial charge on any atom is 0.227 e. The second-order valence-electron chi connectivity index (χ2n) is 7.81. The Labute approximate surface area is 176 Å². The molecule has 3 heterocycles. The van der Waals surface area contributed by atoms with E-state index in [-0.39, 0.29) is 17.7 Å². The van der Waals surface area contributed by atoms with E-state index in [1.807, 2.05) is 35.2 Å². The van der Waals surface area contributed by atoms with Crippen LogP contribution in [0.2, 0.25) is 0 Å². The number of amides is 2. The van der Waals surface area contributed by atoms with Crippen molar-refractivity contribution in [3.63, 3.8) is 0 Å². The van der Waals surface area contributed by atoms with Crippen LogP contribution in [0.3, 0.4) is 0 Å². The van der Waals surface area contributed by atoms with Crippen LogP contribution in [0.15, 0.2) is 42.6 Å². The minimum atomic E-state index is -0.0111. The molecule has 1 aromatic heterocycles. The lowest BCUT2D eigenvalue weighted by Gasteiger charge is -2.32. The molecule has 0 radical (unpaired) electrons. The molecule has 7 nitrogen and oxygen atoms in total. The monoisotopic (exact) mass is 403 g/mol. The number of carbonyl (C=O) groups is 2. The number of nitrogens with zero attached hydrogens (tertiary/aromatic N) is 4. The van der Waals surface area contributed by atoms with Crippen molar-refractivity contribution < 1.29 is 9.59 Å². The minimum Gasteiger partial charge on any atom is -0.357 e. The van der Waals surface area contributed by atoms with Crippen LogP contribution in [0.25, 0.3) is 0 Å². The second-order valence-corrected chi connectivity index (χ2v) is 7.81. The fourth-order valence-electron chi connectivity index (χ4n) is 4.10. The molecule has 2 fully saturated rings. The highest BCUT2D eigenvalue weighted by atomic mass is 16.2. The molecule has 0 saturated carbocycles. The van der Waals surface area contributed by atoms with Crippen LogP contribution in [0.4, 0.5) is 11.5 Å². The van der Waals surface area contributed by atoms with Gasteiger partial charge >= 0.3 is 0 Å². The number of anilines is 2. The molecule has 2 saturated heterocycles. The van der Waals surface area contributed by atoms with Gasteiger partial charge in [0.25, 0.3) is 0 Å². The summed E-state index contributed by atoms with van der Waals surface area (Å²) < 4.78 is 0. The van der Waals surface area contributed by atoms with Crippen LogP contribution in [0.5, 0.6) is 0 Å². The van der Waals surface area contributed by atoms with Gasteiger partial charge in [0.1, 0.15) is 11.9 Å². The van der Waals surface area contributed by atoms with Crippen molar-refractivity contribution in [2.24, 2.45) is 5.92 Å². The lowest BCUT2D eigenvalue weighted by Crippen LogP contribution is -2.40. The van der Waals surface area contributed by atoms with Crippen LogP contribution in [-0.2, 0) is 16.1 Å². The van der Waals surface area contributed by atoms with Crippen LogP contribution in [0.1, 0.15) is 36.8 Å². The summed E-state index contributed by atoms with van der Waals surface area (Å²) in [6, 6.07) is 13.5. The highest BCUT2D eigenvalue weighted by molar-refractivity contribution is 5.95. The van der Waals surface area contributed by atoms with E-state index in [0.29, 0.717) is 18.5 Å². The molecule has 4 rings (SSSR count). The number of aromatic nitrogens is 1. The number of hydrogen-bond donors (Lipinski definition) is 1. The highest BCUT2D eigenvalue weighted by Crippen LogP contribution is 2.24. The largest absolute Gasteiger partial charge is 0.357 e. The number of benzene rings is 1. The number of nitriles is 1. The van der Waals surface area contributed by atoms with Gasteiger partial charge in [0.2, 0.25) is 11.8 Å². The van der Waals surface area contributed by atoms with E-state index in [2.05, 4.69) is 21.3 Å². The molecule has 0 bridgehead atoms. The third-order valence-electron chi connectivity index (χ3n) is 5.83. The van der Waals surface area contributed by atoms with Gasteiger partial charge in [-0.2, -0.15) is 5.26 Å². The van der Waals surface area contributed by atoms with Crippen LogP contribution in [0, 0.1) is 17.2 Å².